The standard InChI is InChI=1S/C25H33FN4O2.HI/c1-27-24(28-17-25(9-10-25)18-5-4-6-19(26)13-18)29-20-7-11-30(12-8-20)21-14-22(31-2)16-23(15-21)32-3;/h4-6,13-16,20H,7-12,17H2,1-3H3,(H2,27,28,29);1H. The Kier molecular flexibility index (Phi) is 8.67. The maximum atomic E-state index is 13.7. The molecule has 2 aromatic rings. The minimum atomic E-state index is -0.170. The van der Waals surface area contributed by atoms with Crippen LogP contribution in [0.4, 0.5) is 10.1 Å². The van der Waals surface area contributed by atoms with Gasteiger partial charge in [0.2, 0.25) is 0 Å². The molecule has 0 spiro atoms. The fourth-order valence-electron chi connectivity index (χ4n) is 4.43. The molecule has 1 aliphatic carbocycles. The Morgan fingerprint density at radius 2 is 1.76 bits per heavy atom. The average molecular weight is 568 g/mol. The number of benzene rings is 2. The van der Waals surface area contributed by atoms with Crippen molar-refractivity contribution in [3.8, 4) is 11.5 Å². The van der Waals surface area contributed by atoms with E-state index in [2.05, 4.69) is 32.7 Å². The van der Waals surface area contributed by atoms with Crippen LogP contribution in [0.15, 0.2) is 47.5 Å². The third-order valence-corrected chi connectivity index (χ3v) is 6.65. The first kappa shape index (κ1) is 25.4. The summed E-state index contributed by atoms with van der Waals surface area (Å²) in [5.74, 6) is 2.25. The van der Waals surface area contributed by atoms with Crippen LogP contribution in [0, 0.1) is 5.82 Å². The predicted molar refractivity (Wildman–Crippen MR) is 142 cm³/mol. The summed E-state index contributed by atoms with van der Waals surface area (Å²) in [5, 5.41) is 7.05. The molecule has 0 amide bonds. The first-order valence-electron chi connectivity index (χ1n) is 11.3. The van der Waals surface area contributed by atoms with Gasteiger partial charge in [-0.15, -0.1) is 24.0 Å². The van der Waals surface area contributed by atoms with Crippen molar-refractivity contribution in [1.82, 2.24) is 10.6 Å². The smallest absolute Gasteiger partial charge is 0.191 e. The topological polar surface area (TPSA) is 58.1 Å². The molecule has 0 unspecified atom stereocenters. The van der Waals surface area contributed by atoms with Gasteiger partial charge < -0.3 is 25.0 Å². The van der Waals surface area contributed by atoms with Gasteiger partial charge in [-0.1, -0.05) is 12.1 Å². The number of aliphatic imine (C=N–C) groups is 1. The molecule has 180 valence electrons. The molecule has 1 heterocycles. The van der Waals surface area contributed by atoms with Crippen LogP contribution in [-0.2, 0) is 5.41 Å². The van der Waals surface area contributed by atoms with Crippen LogP contribution < -0.4 is 25.0 Å². The summed E-state index contributed by atoms with van der Waals surface area (Å²) in [4.78, 5) is 6.78. The van der Waals surface area contributed by atoms with Gasteiger partial charge in [-0.25, -0.2) is 4.39 Å². The monoisotopic (exact) mass is 568 g/mol. The largest absolute Gasteiger partial charge is 0.497 e. The molecule has 8 heteroatoms. The molecular formula is C25H34FIN4O2. The number of hydrogen-bond donors (Lipinski definition) is 2. The zero-order valence-corrected chi connectivity index (χ0v) is 21.9. The van der Waals surface area contributed by atoms with Crippen molar-refractivity contribution in [3.63, 3.8) is 0 Å². The summed E-state index contributed by atoms with van der Waals surface area (Å²) in [7, 11) is 5.15. The fourth-order valence-corrected chi connectivity index (χ4v) is 4.43. The number of rotatable bonds is 7. The van der Waals surface area contributed by atoms with Gasteiger partial charge in [-0.2, -0.15) is 0 Å². The Morgan fingerprint density at radius 3 is 2.30 bits per heavy atom. The molecule has 0 aromatic heterocycles. The molecule has 0 radical (unpaired) electrons. The lowest BCUT2D eigenvalue weighted by molar-refractivity contribution is 0.393. The molecule has 2 aliphatic rings. The summed E-state index contributed by atoms with van der Waals surface area (Å²) in [6, 6.07) is 13.3. The Labute approximate surface area is 213 Å². The van der Waals surface area contributed by atoms with Gasteiger partial charge in [0, 0.05) is 62.0 Å². The number of guanidine groups is 1. The molecule has 0 atom stereocenters. The van der Waals surface area contributed by atoms with Gasteiger partial charge in [0.1, 0.15) is 17.3 Å². The number of ether oxygens (including phenoxy) is 2. The van der Waals surface area contributed by atoms with Crippen LogP contribution in [-0.4, -0.2) is 52.9 Å². The van der Waals surface area contributed by atoms with Gasteiger partial charge in [0.05, 0.1) is 14.2 Å². The van der Waals surface area contributed by atoms with E-state index in [1.165, 1.54) is 6.07 Å². The summed E-state index contributed by atoms with van der Waals surface area (Å²) >= 11 is 0. The highest BCUT2D eigenvalue weighted by atomic mass is 127. The Bertz CT molecular complexity index is 937. The lowest BCUT2D eigenvalue weighted by atomic mass is 9.96. The molecule has 0 bridgehead atoms. The molecule has 1 saturated heterocycles. The molecule has 2 N–H and O–H groups in total. The van der Waals surface area contributed by atoms with E-state index in [1.807, 2.05) is 12.1 Å². The van der Waals surface area contributed by atoms with Crippen molar-refractivity contribution in [2.45, 2.75) is 37.1 Å². The minimum Gasteiger partial charge on any atom is -0.497 e. The van der Waals surface area contributed by atoms with Crippen LogP contribution in [0.25, 0.3) is 0 Å². The molecule has 6 nitrogen and oxygen atoms in total. The Balaban J connectivity index is 0.00000306. The van der Waals surface area contributed by atoms with Crippen molar-refractivity contribution in [1.29, 1.82) is 0 Å². The second-order valence-corrected chi connectivity index (χ2v) is 8.69. The van der Waals surface area contributed by atoms with Crippen molar-refractivity contribution in [2.75, 3.05) is 45.8 Å². The summed E-state index contributed by atoms with van der Waals surface area (Å²) < 4.78 is 24.5. The van der Waals surface area contributed by atoms with Gasteiger partial charge in [0.15, 0.2) is 5.96 Å². The van der Waals surface area contributed by atoms with E-state index in [-0.39, 0.29) is 35.2 Å². The Hall–Kier alpha value is -2.23. The SMILES string of the molecule is CN=C(NCC1(c2cccc(F)c2)CC1)NC1CCN(c2cc(OC)cc(OC)c2)CC1.I. The molecular weight excluding hydrogens is 534 g/mol. The van der Waals surface area contributed by atoms with Crippen LogP contribution in [0.1, 0.15) is 31.2 Å². The maximum absolute atomic E-state index is 13.7. The second kappa shape index (κ2) is 11.3. The third kappa shape index (κ3) is 6.22. The number of hydrogen-bond acceptors (Lipinski definition) is 4. The average Bonchev–Trinajstić information content (AvgIpc) is 3.63. The lowest BCUT2D eigenvalue weighted by Gasteiger charge is -2.35. The van der Waals surface area contributed by atoms with Crippen molar-refractivity contribution < 1.29 is 13.9 Å². The van der Waals surface area contributed by atoms with E-state index in [0.29, 0.717) is 6.04 Å². The lowest BCUT2D eigenvalue weighted by Crippen LogP contribution is -2.50. The van der Waals surface area contributed by atoms with Crippen LogP contribution in [0.3, 0.4) is 0 Å². The first-order chi connectivity index (χ1) is 15.5. The van der Waals surface area contributed by atoms with E-state index in [9.17, 15) is 4.39 Å². The van der Waals surface area contributed by atoms with Crippen LogP contribution in [0.2, 0.25) is 0 Å². The second-order valence-electron chi connectivity index (χ2n) is 8.69. The number of methoxy groups -OCH3 is 2. The van der Waals surface area contributed by atoms with Crippen molar-refractivity contribution >= 4 is 35.6 Å². The third-order valence-electron chi connectivity index (χ3n) is 6.65. The number of piperidine rings is 1. The van der Waals surface area contributed by atoms with E-state index in [0.717, 1.165) is 74.0 Å². The highest BCUT2D eigenvalue weighted by molar-refractivity contribution is 14.0. The maximum Gasteiger partial charge on any atom is 0.191 e. The van der Waals surface area contributed by atoms with Crippen molar-refractivity contribution in [3.05, 3.63) is 53.8 Å². The van der Waals surface area contributed by atoms with Gasteiger partial charge in [0.25, 0.3) is 0 Å². The van der Waals surface area contributed by atoms with Crippen LogP contribution in [0.5, 0.6) is 11.5 Å². The van der Waals surface area contributed by atoms with Gasteiger partial charge in [-0.05, 0) is 43.4 Å². The molecule has 1 aliphatic heterocycles. The zero-order chi connectivity index (χ0) is 22.6. The normalized spacial score (nSPS) is 17.7. The molecule has 2 fully saturated rings. The minimum absolute atomic E-state index is 0. The quantitative estimate of drug-likeness (QED) is 0.296. The van der Waals surface area contributed by atoms with Gasteiger partial charge >= 0.3 is 0 Å². The predicted octanol–water partition coefficient (Wildman–Crippen LogP) is 4.33. The molecule has 33 heavy (non-hydrogen) atoms. The van der Waals surface area contributed by atoms with E-state index in [4.69, 9.17) is 9.47 Å². The number of nitrogens with zero attached hydrogens (tertiary/aromatic N) is 2. The van der Waals surface area contributed by atoms with Gasteiger partial charge in [-0.3, -0.25) is 4.99 Å². The Morgan fingerprint density at radius 1 is 1.09 bits per heavy atom. The summed E-state index contributed by atoms with van der Waals surface area (Å²) in [6.45, 7) is 2.65. The van der Waals surface area contributed by atoms with E-state index >= 15 is 0 Å². The highest BCUT2D eigenvalue weighted by Gasteiger charge is 2.44. The van der Waals surface area contributed by atoms with E-state index < -0.39 is 0 Å². The number of anilines is 1. The highest BCUT2D eigenvalue weighted by Crippen LogP contribution is 2.47. The summed E-state index contributed by atoms with van der Waals surface area (Å²) in [6.07, 6.45) is 4.16. The van der Waals surface area contributed by atoms with Crippen LogP contribution >= 0.6 is 24.0 Å². The fraction of sp³-hybridized carbons (Fsp3) is 0.480. The summed E-state index contributed by atoms with van der Waals surface area (Å²) in [5.41, 5.74) is 2.21. The number of halogens is 2. The molecule has 4 rings (SSSR count). The molecule has 1 saturated carbocycles. The number of nitrogens with one attached hydrogen (secondary N) is 2. The molecule has 2 aromatic carbocycles. The van der Waals surface area contributed by atoms with Crippen molar-refractivity contribution in [2.24, 2.45) is 4.99 Å². The van der Waals surface area contributed by atoms with E-state index in [1.54, 1.807) is 33.4 Å². The first-order valence-corrected chi connectivity index (χ1v) is 11.3. The zero-order valence-electron chi connectivity index (χ0n) is 19.6.